The van der Waals surface area contributed by atoms with E-state index in [0.717, 1.165) is 19.6 Å². The summed E-state index contributed by atoms with van der Waals surface area (Å²) in [6, 6.07) is 0. The van der Waals surface area contributed by atoms with Gasteiger partial charge >= 0.3 is 6.16 Å². The molecule has 0 aliphatic carbocycles. The standard InChI is InChI=1S/C9H15NO3/c11-9-12-7-8(13-9)6-10-4-2-1-3-5-10/h8H,1-7H2/t8-/m0/s1. The van der Waals surface area contributed by atoms with Gasteiger partial charge in [0.1, 0.15) is 6.61 Å². The third-order valence-electron chi connectivity index (χ3n) is 2.56. The third-order valence-corrected chi connectivity index (χ3v) is 2.56. The van der Waals surface area contributed by atoms with Gasteiger partial charge in [0, 0.05) is 6.54 Å². The van der Waals surface area contributed by atoms with E-state index in [2.05, 4.69) is 4.90 Å². The molecule has 2 rings (SSSR count). The summed E-state index contributed by atoms with van der Waals surface area (Å²) in [5, 5.41) is 0. The Morgan fingerprint density at radius 2 is 2.08 bits per heavy atom. The normalized spacial score (nSPS) is 29.8. The average Bonchev–Trinajstić information content (AvgIpc) is 2.53. The fraction of sp³-hybridized carbons (Fsp3) is 0.889. The molecule has 4 heteroatoms. The summed E-state index contributed by atoms with van der Waals surface area (Å²) >= 11 is 0. The number of hydrogen-bond acceptors (Lipinski definition) is 4. The van der Waals surface area contributed by atoms with E-state index in [9.17, 15) is 4.79 Å². The van der Waals surface area contributed by atoms with Crippen molar-refractivity contribution >= 4 is 6.16 Å². The van der Waals surface area contributed by atoms with Crippen LogP contribution in [0.15, 0.2) is 0 Å². The first kappa shape index (κ1) is 8.81. The van der Waals surface area contributed by atoms with E-state index in [1.807, 2.05) is 0 Å². The van der Waals surface area contributed by atoms with Crippen molar-refractivity contribution in [2.45, 2.75) is 25.4 Å². The zero-order valence-electron chi connectivity index (χ0n) is 7.70. The maximum atomic E-state index is 10.6. The molecule has 13 heavy (non-hydrogen) atoms. The van der Waals surface area contributed by atoms with Gasteiger partial charge in [0.25, 0.3) is 0 Å². The monoisotopic (exact) mass is 185 g/mol. The Morgan fingerprint density at radius 3 is 2.69 bits per heavy atom. The molecule has 0 bridgehead atoms. The van der Waals surface area contributed by atoms with Crippen LogP contribution in [0.5, 0.6) is 0 Å². The summed E-state index contributed by atoms with van der Waals surface area (Å²) in [7, 11) is 0. The fourth-order valence-corrected chi connectivity index (χ4v) is 1.89. The minimum atomic E-state index is -0.512. The smallest absolute Gasteiger partial charge is 0.430 e. The summed E-state index contributed by atoms with van der Waals surface area (Å²) < 4.78 is 9.68. The van der Waals surface area contributed by atoms with Crippen molar-refractivity contribution in [3.63, 3.8) is 0 Å². The van der Waals surface area contributed by atoms with Crippen LogP contribution in [0, 0.1) is 0 Å². The second-order valence-corrected chi connectivity index (χ2v) is 3.66. The van der Waals surface area contributed by atoms with Crippen molar-refractivity contribution in [1.29, 1.82) is 0 Å². The van der Waals surface area contributed by atoms with Gasteiger partial charge in [-0.15, -0.1) is 0 Å². The molecule has 0 aromatic heterocycles. The summed E-state index contributed by atoms with van der Waals surface area (Å²) in [6.45, 7) is 3.53. The Hall–Kier alpha value is -0.770. The molecule has 0 radical (unpaired) electrons. The van der Waals surface area contributed by atoms with E-state index in [4.69, 9.17) is 9.47 Å². The van der Waals surface area contributed by atoms with E-state index in [1.54, 1.807) is 0 Å². The number of carbonyl (C=O) groups excluding carboxylic acids is 1. The van der Waals surface area contributed by atoms with Gasteiger partial charge in [-0.1, -0.05) is 6.42 Å². The predicted octanol–water partition coefficient (Wildman–Crippen LogP) is 1.01. The summed E-state index contributed by atoms with van der Waals surface area (Å²) in [4.78, 5) is 13.0. The molecular weight excluding hydrogens is 170 g/mol. The zero-order chi connectivity index (χ0) is 9.10. The van der Waals surface area contributed by atoms with Gasteiger partial charge in [-0.25, -0.2) is 4.79 Å². The molecule has 0 unspecified atom stereocenters. The molecule has 74 valence electrons. The first-order valence-corrected chi connectivity index (χ1v) is 4.90. The fourth-order valence-electron chi connectivity index (χ4n) is 1.89. The highest BCUT2D eigenvalue weighted by atomic mass is 16.8. The van der Waals surface area contributed by atoms with Crippen LogP contribution < -0.4 is 0 Å². The molecule has 2 saturated heterocycles. The molecule has 2 aliphatic rings. The maximum Gasteiger partial charge on any atom is 0.508 e. The van der Waals surface area contributed by atoms with Crippen LogP contribution in [0.3, 0.4) is 0 Å². The molecule has 0 spiro atoms. The lowest BCUT2D eigenvalue weighted by Crippen LogP contribution is -2.37. The molecule has 4 nitrogen and oxygen atoms in total. The molecule has 0 N–H and O–H groups in total. The Balaban J connectivity index is 1.73. The molecular formula is C9H15NO3. The zero-order valence-corrected chi connectivity index (χ0v) is 7.70. The Kier molecular flexibility index (Phi) is 2.68. The van der Waals surface area contributed by atoms with Crippen LogP contribution in [0.1, 0.15) is 19.3 Å². The van der Waals surface area contributed by atoms with Crippen LogP contribution in [0.2, 0.25) is 0 Å². The van der Waals surface area contributed by atoms with Crippen molar-refractivity contribution in [3.05, 3.63) is 0 Å². The topological polar surface area (TPSA) is 38.8 Å². The number of ether oxygens (including phenoxy) is 2. The quantitative estimate of drug-likeness (QED) is 0.602. The Morgan fingerprint density at radius 1 is 1.31 bits per heavy atom. The Labute approximate surface area is 77.8 Å². The van der Waals surface area contributed by atoms with E-state index in [-0.39, 0.29) is 6.10 Å². The van der Waals surface area contributed by atoms with Crippen LogP contribution >= 0.6 is 0 Å². The molecule has 2 heterocycles. The maximum absolute atomic E-state index is 10.6. The van der Waals surface area contributed by atoms with Gasteiger partial charge in [0.15, 0.2) is 6.10 Å². The summed E-state index contributed by atoms with van der Waals surface area (Å²) in [5.41, 5.74) is 0. The van der Waals surface area contributed by atoms with Crippen molar-refractivity contribution < 1.29 is 14.3 Å². The molecule has 2 aliphatic heterocycles. The lowest BCUT2D eigenvalue weighted by Gasteiger charge is -2.27. The lowest BCUT2D eigenvalue weighted by molar-refractivity contribution is 0.0957. The van der Waals surface area contributed by atoms with Crippen LogP contribution in [0.4, 0.5) is 4.79 Å². The van der Waals surface area contributed by atoms with E-state index in [0.29, 0.717) is 6.61 Å². The molecule has 0 aromatic rings. The van der Waals surface area contributed by atoms with Gasteiger partial charge in [-0.3, -0.25) is 4.90 Å². The highest BCUT2D eigenvalue weighted by molar-refractivity contribution is 5.61. The first-order valence-electron chi connectivity index (χ1n) is 4.90. The minimum absolute atomic E-state index is 0.0365. The second-order valence-electron chi connectivity index (χ2n) is 3.66. The number of likely N-dealkylation sites (tertiary alicyclic amines) is 1. The molecule has 0 aromatic carbocycles. The Bertz CT molecular complexity index is 189. The van der Waals surface area contributed by atoms with Crippen molar-refractivity contribution in [2.75, 3.05) is 26.2 Å². The number of hydrogen-bond donors (Lipinski definition) is 0. The van der Waals surface area contributed by atoms with Crippen LogP contribution in [0.25, 0.3) is 0 Å². The van der Waals surface area contributed by atoms with Gasteiger partial charge in [-0.05, 0) is 25.9 Å². The summed E-state index contributed by atoms with van der Waals surface area (Å²) in [6.07, 6.45) is 3.31. The molecule has 0 saturated carbocycles. The average molecular weight is 185 g/mol. The lowest BCUT2D eigenvalue weighted by atomic mass is 10.1. The predicted molar refractivity (Wildman–Crippen MR) is 46.5 cm³/mol. The van der Waals surface area contributed by atoms with Crippen LogP contribution in [-0.2, 0) is 9.47 Å². The number of carbonyl (C=O) groups is 1. The molecule has 2 fully saturated rings. The first-order chi connectivity index (χ1) is 6.34. The van der Waals surface area contributed by atoms with Gasteiger partial charge in [-0.2, -0.15) is 0 Å². The van der Waals surface area contributed by atoms with Crippen LogP contribution in [-0.4, -0.2) is 43.4 Å². The number of piperidine rings is 1. The molecule has 1 atom stereocenters. The van der Waals surface area contributed by atoms with E-state index >= 15 is 0 Å². The van der Waals surface area contributed by atoms with Crippen molar-refractivity contribution in [1.82, 2.24) is 4.90 Å². The highest BCUT2D eigenvalue weighted by Gasteiger charge is 2.27. The highest BCUT2D eigenvalue weighted by Crippen LogP contribution is 2.13. The second kappa shape index (κ2) is 3.96. The van der Waals surface area contributed by atoms with Crippen molar-refractivity contribution in [3.8, 4) is 0 Å². The van der Waals surface area contributed by atoms with E-state index < -0.39 is 6.16 Å². The molecule has 0 amide bonds. The minimum Gasteiger partial charge on any atom is -0.430 e. The third kappa shape index (κ3) is 2.34. The largest absolute Gasteiger partial charge is 0.508 e. The number of nitrogens with zero attached hydrogens (tertiary/aromatic N) is 1. The van der Waals surface area contributed by atoms with Crippen molar-refractivity contribution in [2.24, 2.45) is 0 Å². The SMILES string of the molecule is O=C1OC[C@H](CN2CCCCC2)O1. The number of rotatable bonds is 2. The van der Waals surface area contributed by atoms with E-state index in [1.165, 1.54) is 19.3 Å². The van der Waals surface area contributed by atoms with Gasteiger partial charge in [0.05, 0.1) is 0 Å². The number of cyclic esters (lactones) is 2. The summed E-state index contributed by atoms with van der Waals surface area (Å²) in [5.74, 6) is 0. The van der Waals surface area contributed by atoms with Gasteiger partial charge < -0.3 is 9.47 Å². The van der Waals surface area contributed by atoms with Gasteiger partial charge in [0.2, 0.25) is 0 Å².